The molecule has 2 aliphatic carbocycles. The van der Waals surface area contributed by atoms with E-state index in [-0.39, 0.29) is 11.4 Å². The lowest BCUT2D eigenvalue weighted by molar-refractivity contribution is -0.0515. The quantitative estimate of drug-likeness (QED) is 0.849. The average Bonchev–Trinajstić information content (AvgIpc) is 3.15. The number of nitrogens with one attached hydrogen (secondary N) is 1. The number of ether oxygens (including phenoxy) is 1. The molecule has 1 aromatic carbocycles. The summed E-state index contributed by atoms with van der Waals surface area (Å²) in [7, 11) is 0. The van der Waals surface area contributed by atoms with E-state index in [2.05, 4.69) is 5.32 Å². The predicted octanol–water partition coefficient (Wildman–Crippen LogP) is 3.41. The highest BCUT2D eigenvalue weighted by molar-refractivity contribution is 5.16. The lowest BCUT2D eigenvalue weighted by atomic mass is 10.0. The summed E-state index contributed by atoms with van der Waals surface area (Å²) in [6.07, 6.45) is 7.24. The van der Waals surface area contributed by atoms with Crippen molar-refractivity contribution in [2.24, 2.45) is 0 Å². The van der Waals surface area contributed by atoms with Gasteiger partial charge in [0.1, 0.15) is 5.82 Å². The zero-order chi connectivity index (χ0) is 13.1. The Balaban J connectivity index is 1.59. The Labute approximate surface area is 114 Å². The minimum absolute atomic E-state index is 0.0646. The van der Waals surface area contributed by atoms with Crippen LogP contribution in [0.4, 0.5) is 4.39 Å². The van der Waals surface area contributed by atoms with Crippen molar-refractivity contribution in [3.63, 3.8) is 0 Å². The van der Waals surface area contributed by atoms with E-state index < -0.39 is 0 Å². The van der Waals surface area contributed by atoms with Crippen LogP contribution >= 0.6 is 0 Å². The number of rotatable bonds is 6. The Bertz CT molecular complexity index is 425. The molecule has 0 atom stereocenters. The van der Waals surface area contributed by atoms with E-state index in [4.69, 9.17) is 4.74 Å². The molecule has 0 aliphatic heterocycles. The molecule has 3 heteroatoms. The molecule has 0 unspecified atom stereocenters. The van der Waals surface area contributed by atoms with Gasteiger partial charge in [-0.3, -0.25) is 0 Å². The second-order valence-electron chi connectivity index (χ2n) is 5.93. The summed E-state index contributed by atoms with van der Waals surface area (Å²) in [4.78, 5) is 0. The van der Waals surface area contributed by atoms with Gasteiger partial charge in [-0.15, -0.1) is 0 Å². The molecule has 2 saturated carbocycles. The lowest BCUT2D eigenvalue weighted by Gasteiger charge is -2.30. The van der Waals surface area contributed by atoms with Crippen molar-refractivity contribution < 1.29 is 9.13 Å². The SMILES string of the molecule is Fc1ccccc1COC1(CNC2CC2)CCCC1. The first-order chi connectivity index (χ1) is 9.27. The minimum atomic E-state index is -0.161. The van der Waals surface area contributed by atoms with Crippen molar-refractivity contribution in [1.82, 2.24) is 5.32 Å². The van der Waals surface area contributed by atoms with Gasteiger partial charge in [0.25, 0.3) is 0 Å². The first-order valence-electron chi connectivity index (χ1n) is 7.38. The van der Waals surface area contributed by atoms with Gasteiger partial charge in [-0.25, -0.2) is 4.39 Å². The standard InChI is InChI=1S/C16H22FNO/c17-15-6-2-1-5-13(15)11-19-16(9-3-4-10-16)12-18-14-7-8-14/h1-2,5-6,14,18H,3-4,7-12H2. The molecule has 0 amide bonds. The highest BCUT2D eigenvalue weighted by Gasteiger charge is 2.36. The van der Waals surface area contributed by atoms with E-state index in [1.807, 2.05) is 12.1 Å². The smallest absolute Gasteiger partial charge is 0.128 e. The maximum absolute atomic E-state index is 13.6. The van der Waals surface area contributed by atoms with E-state index in [9.17, 15) is 4.39 Å². The monoisotopic (exact) mass is 263 g/mol. The van der Waals surface area contributed by atoms with Crippen LogP contribution in [-0.2, 0) is 11.3 Å². The normalized spacial score (nSPS) is 21.7. The van der Waals surface area contributed by atoms with Crippen LogP contribution in [-0.4, -0.2) is 18.2 Å². The second-order valence-corrected chi connectivity index (χ2v) is 5.93. The van der Waals surface area contributed by atoms with Gasteiger partial charge < -0.3 is 10.1 Å². The van der Waals surface area contributed by atoms with Gasteiger partial charge in [-0.2, -0.15) is 0 Å². The Hall–Kier alpha value is -0.930. The van der Waals surface area contributed by atoms with Crippen molar-refractivity contribution in [2.45, 2.75) is 56.8 Å². The van der Waals surface area contributed by atoms with Crippen LogP contribution in [0.5, 0.6) is 0 Å². The molecule has 0 saturated heterocycles. The van der Waals surface area contributed by atoms with Crippen LogP contribution in [0.2, 0.25) is 0 Å². The highest BCUT2D eigenvalue weighted by atomic mass is 19.1. The molecule has 0 aromatic heterocycles. The van der Waals surface area contributed by atoms with E-state index in [1.54, 1.807) is 6.07 Å². The van der Waals surface area contributed by atoms with Gasteiger partial charge >= 0.3 is 0 Å². The van der Waals surface area contributed by atoms with Crippen molar-refractivity contribution >= 4 is 0 Å². The summed E-state index contributed by atoms with van der Waals surface area (Å²) in [5, 5.41) is 3.57. The van der Waals surface area contributed by atoms with Crippen LogP contribution in [0.1, 0.15) is 44.1 Å². The lowest BCUT2D eigenvalue weighted by Crippen LogP contribution is -2.41. The molecule has 104 valence electrons. The third-order valence-electron chi connectivity index (χ3n) is 4.30. The predicted molar refractivity (Wildman–Crippen MR) is 73.4 cm³/mol. The minimum Gasteiger partial charge on any atom is -0.369 e. The summed E-state index contributed by atoms with van der Waals surface area (Å²) < 4.78 is 19.7. The van der Waals surface area contributed by atoms with E-state index >= 15 is 0 Å². The molecular formula is C16H22FNO. The van der Waals surface area contributed by atoms with Crippen LogP contribution < -0.4 is 5.32 Å². The summed E-state index contributed by atoms with van der Waals surface area (Å²) >= 11 is 0. The van der Waals surface area contributed by atoms with Crippen molar-refractivity contribution in [1.29, 1.82) is 0 Å². The fourth-order valence-corrected chi connectivity index (χ4v) is 2.86. The van der Waals surface area contributed by atoms with Crippen LogP contribution in [0, 0.1) is 5.82 Å². The van der Waals surface area contributed by atoms with Gasteiger partial charge in [-0.1, -0.05) is 31.0 Å². The van der Waals surface area contributed by atoms with Gasteiger partial charge in [-0.05, 0) is 31.7 Å². The van der Waals surface area contributed by atoms with E-state index in [0.717, 1.165) is 19.4 Å². The summed E-state index contributed by atoms with van der Waals surface area (Å²) in [5.41, 5.74) is 0.602. The van der Waals surface area contributed by atoms with Gasteiger partial charge in [0.15, 0.2) is 0 Å². The van der Waals surface area contributed by atoms with Crippen molar-refractivity contribution in [2.75, 3.05) is 6.54 Å². The molecule has 0 heterocycles. The maximum atomic E-state index is 13.6. The fourth-order valence-electron chi connectivity index (χ4n) is 2.86. The summed E-state index contributed by atoms with van der Waals surface area (Å²) in [6.45, 7) is 1.31. The maximum Gasteiger partial charge on any atom is 0.128 e. The number of benzene rings is 1. The Morgan fingerprint density at radius 1 is 1.21 bits per heavy atom. The zero-order valence-electron chi connectivity index (χ0n) is 11.3. The molecular weight excluding hydrogens is 241 g/mol. The molecule has 0 bridgehead atoms. The molecule has 1 aromatic rings. The third kappa shape index (κ3) is 3.34. The van der Waals surface area contributed by atoms with Crippen LogP contribution in [0.3, 0.4) is 0 Å². The molecule has 2 fully saturated rings. The van der Waals surface area contributed by atoms with Crippen LogP contribution in [0.25, 0.3) is 0 Å². The fraction of sp³-hybridized carbons (Fsp3) is 0.625. The van der Waals surface area contributed by atoms with E-state index in [1.165, 1.54) is 31.7 Å². The van der Waals surface area contributed by atoms with Crippen LogP contribution in [0.15, 0.2) is 24.3 Å². The molecule has 3 rings (SSSR count). The topological polar surface area (TPSA) is 21.3 Å². The second kappa shape index (κ2) is 5.59. The average molecular weight is 263 g/mol. The number of hydrogen-bond acceptors (Lipinski definition) is 2. The number of halogens is 1. The van der Waals surface area contributed by atoms with E-state index in [0.29, 0.717) is 18.2 Å². The van der Waals surface area contributed by atoms with Crippen molar-refractivity contribution in [3.05, 3.63) is 35.6 Å². The summed E-state index contributed by atoms with van der Waals surface area (Å²) in [5.74, 6) is -0.161. The Morgan fingerprint density at radius 2 is 1.95 bits per heavy atom. The first-order valence-corrected chi connectivity index (χ1v) is 7.38. The molecule has 19 heavy (non-hydrogen) atoms. The Kier molecular flexibility index (Phi) is 3.85. The molecule has 0 spiro atoms. The van der Waals surface area contributed by atoms with Gasteiger partial charge in [0.2, 0.25) is 0 Å². The molecule has 2 nitrogen and oxygen atoms in total. The van der Waals surface area contributed by atoms with Gasteiger partial charge in [0, 0.05) is 18.2 Å². The molecule has 0 radical (unpaired) electrons. The number of hydrogen-bond donors (Lipinski definition) is 1. The summed E-state index contributed by atoms with van der Waals surface area (Å²) in [6, 6.07) is 7.61. The Morgan fingerprint density at radius 3 is 2.63 bits per heavy atom. The molecule has 2 aliphatic rings. The largest absolute Gasteiger partial charge is 0.369 e. The van der Waals surface area contributed by atoms with Gasteiger partial charge in [0.05, 0.1) is 12.2 Å². The zero-order valence-corrected chi connectivity index (χ0v) is 11.3. The first kappa shape index (κ1) is 13.1. The molecule has 1 N–H and O–H groups in total. The highest BCUT2D eigenvalue weighted by Crippen LogP contribution is 2.34. The third-order valence-corrected chi connectivity index (χ3v) is 4.30. The van der Waals surface area contributed by atoms with Crippen molar-refractivity contribution in [3.8, 4) is 0 Å².